The molecule has 11 heavy (non-hydrogen) atoms. The van der Waals surface area contributed by atoms with Crippen LogP contribution in [0.1, 0.15) is 6.92 Å². The third kappa shape index (κ3) is 2.15. The van der Waals surface area contributed by atoms with E-state index in [2.05, 4.69) is 0 Å². The largest absolute Gasteiger partial charge is 0.379 e. The molecule has 4 nitrogen and oxygen atoms in total. The number of nitrogens with one attached hydrogen (secondary N) is 1. The Morgan fingerprint density at radius 1 is 1.55 bits per heavy atom. The van der Waals surface area contributed by atoms with Crippen molar-refractivity contribution in [3.8, 4) is 0 Å². The molecule has 0 radical (unpaired) electrons. The second-order valence-corrected chi connectivity index (χ2v) is 4.85. The third-order valence-electron chi connectivity index (χ3n) is 1.78. The van der Waals surface area contributed by atoms with Gasteiger partial charge in [-0.05, 0) is 0 Å². The fraction of sp³-hybridized carbons (Fsp3) is 1.00. The zero-order chi connectivity index (χ0) is 8.32. The summed E-state index contributed by atoms with van der Waals surface area (Å²) in [6, 6.07) is 0. The monoisotopic (exact) mass is 178 g/mol. The molecular formula is C6H14N2O2S. The summed E-state index contributed by atoms with van der Waals surface area (Å²) in [5.74, 6) is 0.410. The predicted octanol–water partition coefficient (Wildman–Crippen LogP) is 0.300. The van der Waals surface area contributed by atoms with Gasteiger partial charge in [-0.25, -0.2) is 13.3 Å². The smallest absolute Gasteiger partial charge is 0.107 e. The quantitative estimate of drug-likeness (QED) is 0.661. The Hall–Kier alpha value is -0.130. The van der Waals surface area contributed by atoms with E-state index in [1.165, 1.54) is 0 Å². The molecule has 1 N–H and O–H groups in total. The molecule has 1 atom stereocenters. The van der Waals surface area contributed by atoms with E-state index in [0.717, 1.165) is 0 Å². The van der Waals surface area contributed by atoms with E-state index in [1.54, 1.807) is 11.2 Å². The lowest BCUT2D eigenvalue weighted by Crippen LogP contribution is -2.40. The van der Waals surface area contributed by atoms with E-state index in [1.807, 2.05) is 0 Å². The Morgan fingerprint density at radius 2 is 2.09 bits per heavy atom. The minimum atomic E-state index is -2.47. The van der Waals surface area contributed by atoms with Crippen LogP contribution >= 0.6 is 0 Å². The zero-order valence-electron chi connectivity index (χ0n) is 6.71. The van der Waals surface area contributed by atoms with Gasteiger partial charge in [0.2, 0.25) is 0 Å². The highest BCUT2D eigenvalue weighted by Crippen LogP contribution is 2.05. The van der Waals surface area contributed by atoms with Gasteiger partial charge in [0.15, 0.2) is 0 Å². The summed E-state index contributed by atoms with van der Waals surface area (Å²) in [5.41, 5.74) is 0. The summed E-state index contributed by atoms with van der Waals surface area (Å²) in [6.07, 6.45) is 0. The van der Waals surface area contributed by atoms with Crippen molar-refractivity contribution in [2.45, 2.75) is 6.92 Å². The first-order chi connectivity index (χ1) is 5.17. The van der Waals surface area contributed by atoms with Crippen molar-refractivity contribution >= 4 is 9.92 Å². The lowest BCUT2D eigenvalue weighted by atomic mass is 10.5. The average Bonchev–Trinajstić information content (AvgIpc) is 2.06. The average molecular weight is 178 g/mol. The van der Waals surface area contributed by atoms with Crippen molar-refractivity contribution in [3.05, 3.63) is 0 Å². The van der Waals surface area contributed by atoms with Crippen molar-refractivity contribution in [2.24, 2.45) is 0 Å². The van der Waals surface area contributed by atoms with Crippen LogP contribution in [0.25, 0.3) is 0 Å². The van der Waals surface area contributed by atoms with Crippen molar-refractivity contribution in [3.63, 3.8) is 0 Å². The first-order valence-corrected chi connectivity index (χ1v) is 5.44. The lowest BCUT2D eigenvalue weighted by molar-refractivity contribution is 0.0744. The zero-order valence-corrected chi connectivity index (χ0v) is 7.52. The molecule has 5 heteroatoms. The van der Waals surface area contributed by atoms with Gasteiger partial charge in [0, 0.05) is 18.8 Å². The van der Waals surface area contributed by atoms with E-state index in [-0.39, 0.29) is 0 Å². The number of rotatable bonds is 2. The number of nitrogens with zero attached hydrogens (tertiary/aromatic N) is 1. The Kier molecular flexibility index (Phi) is 2.86. The molecule has 0 aliphatic carbocycles. The Labute approximate surface area is 67.6 Å². The molecule has 0 spiro atoms. The van der Waals surface area contributed by atoms with Gasteiger partial charge in [0.25, 0.3) is 0 Å². The van der Waals surface area contributed by atoms with E-state index >= 15 is 0 Å². The first kappa shape index (κ1) is 8.96. The molecule has 0 aromatic heterocycles. The maximum atomic E-state index is 11.4. The third-order valence-corrected chi connectivity index (χ3v) is 3.76. The molecule has 1 heterocycles. The van der Waals surface area contributed by atoms with E-state index in [4.69, 9.17) is 9.52 Å². The van der Waals surface area contributed by atoms with Gasteiger partial charge in [-0.1, -0.05) is 6.92 Å². The van der Waals surface area contributed by atoms with Gasteiger partial charge in [0.1, 0.15) is 9.92 Å². The molecule has 0 saturated carbocycles. The van der Waals surface area contributed by atoms with Gasteiger partial charge in [0.05, 0.1) is 13.2 Å². The van der Waals surface area contributed by atoms with Crippen molar-refractivity contribution < 1.29 is 8.95 Å². The summed E-state index contributed by atoms with van der Waals surface area (Å²) in [4.78, 5) is 0. The fourth-order valence-corrected chi connectivity index (χ4v) is 2.13. The molecule has 0 aromatic rings. The molecule has 1 aliphatic rings. The Balaban J connectivity index is 2.58. The van der Waals surface area contributed by atoms with Crippen LogP contribution in [0.4, 0.5) is 0 Å². The lowest BCUT2D eigenvalue weighted by Gasteiger charge is -2.27. The van der Waals surface area contributed by atoms with Crippen LogP contribution in [0.15, 0.2) is 0 Å². The van der Waals surface area contributed by atoms with Gasteiger partial charge < -0.3 is 4.74 Å². The highest BCUT2D eigenvalue weighted by atomic mass is 32.2. The van der Waals surface area contributed by atoms with Crippen LogP contribution in [-0.2, 0) is 14.7 Å². The van der Waals surface area contributed by atoms with Crippen LogP contribution in [0.2, 0.25) is 0 Å². The molecule has 66 valence electrons. The van der Waals surface area contributed by atoms with Crippen molar-refractivity contribution in [1.29, 1.82) is 4.78 Å². The van der Waals surface area contributed by atoms with Gasteiger partial charge in [-0.2, -0.15) is 0 Å². The maximum Gasteiger partial charge on any atom is 0.107 e. The summed E-state index contributed by atoms with van der Waals surface area (Å²) in [6.45, 7) is 4.27. The Bertz CT molecular complexity index is 207. The molecule has 1 saturated heterocycles. The number of hydrogen-bond acceptors (Lipinski definition) is 3. The highest BCUT2D eigenvalue weighted by Gasteiger charge is 2.18. The second-order valence-electron chi connectivity index (χ2n) is 2.47. The van der Waals surface area contributed by atoms with Crippen molar-refractivity contribution in [2.75, 3.05) is 32.1 Å². The minimum Gasteiger partial charge on any atom is -0.379 e. The summed E-state index contributed by atoms with van der Waals surface area (Å²) in [5, 5.41) is 0. The number of hydrogen-bond donors (Lipinski definition) is 1. The highest BCUT2D eigenvalue weighted by molar-refractivity contribution is 7.90. The maximum absolute atomic E-state index is 11.4. The van der Waals surface area contributed by atoms with Crippen LogP contribution in [0, 0.1) is 4.78 Å². The number of morpholine rings is 1. The fourth-order valence-electron chi connectivity index (χ4n) is 1.02. The summed E-state index contributed by atoms with van der Waals surface area (Å²) in [7, 11) is -2.47. The van der Waals surface area contributed by atoms with Gasteiger partial charge >= 0.3 is 0 Å². The molecule has 0 bridgehead atoms. The molecule has 0 aromatic carbocycles. The SMILES string of the molecule is CCS(=N)(=O)N1CCOCC1. The predicted molar refractivity (Wildman–Crippen MR) is 43.8 cm³/mol. The van der Waals surface area contributed by atoms with E-state index in [9.17, 15) is 4.21 Å². The van der Waals surface area contributed by atoms with E-state index in [0.29, 0.717) is 32.1 Å². The number of ether oxygens (including phenoxy) is 1. The van der Waals surface area contributed by atoms with Crippen molar-refractivity contribution in [1.82, 2.24) is 4.31 Å². The summed E-state index contributed by atoms with van der Waals surface area (Å²) >= 11 is 0. The molecule has 1 aliphatic heterocycles. The van der Waals surface area contributed by atoms with Crippen LogP contribution in [0.3, 0.4) is 0 Å². The topological polar surface area (TPSA) is 53.4 Å². The van der Waals surface area contributed by atoms with Crippen LogP contribution in [-0.4, -0.2) is 40.6 Å². The second kappa shape index (κ2) is 3.51. The standard InChI is InChI=1S/C6H14N2O2S/c1-2-11(7,9)8-3-5-10-6-4-8/h7H,2-6H2,1H3. The molecule has 0 amide bonds. The Morgan fingerprint density at radius 3 is 2.55 bits per heavy atom. The molecule has 1 fully saturated rings. The normalized spacial score (nSPS) is 26.3. The van der Waals surface area contributed by atoms with Gasteiger partial charge in [-0.15, -0.1) is 0 Å². The van der Waals surface area contributed by atoms with Gasteiger partial charge in [-0.3, -0.25) is 0 Å². The van der Waals surface area contributed by atoms with Crippen LogP contribution in [0.5, 0.6) is 0 Å². The minimum absolute atomic E-state index is 0.410. The molecular weight excluding hydrogens is 164 g/mol. The van der Waals surface area contributed by atoms with E-state index < -0.39 is 9.92 Å². The first-order valence-electron chi connectivity index (χ1n) is 3.76. The molecule has 1 rings (SSSR count). The summed E-state index contributed by atoms with van der Waals surface area (Å²) < 4.78 is 25.7. The van der Waals surface area contributed by atoms with Crippen LogP contribution < -0.4 is 0 Å². The molecule has 1 unspecified atom stereocenters.